The molecule has 2 saturated heterocycles. The van der Waals surface area contributed by atoms with Crippen LogP contribution in [0.1, 0.15) is 159 Å². The minimum atomic E-state index is -0.548. The Hall–Kier alpha value is -5.82. The van der Waals surface area contributed by atoms with Crippen LogP contribution < -0.4 is 21.3 Å². The number of pyridine rings is 2. The SMILES string of the molecule is O=C(NCCCn1ccnc1)C1CC([C@@H]2c3ccc(Cl)cc3CCc3cc(Br)cnc32)CCN1C(=O)NC1CCCCC1.O=C(NCCCn1ccnc1)C1CC([C@H]2c3ccc(Cl)cc3CCc3cc(Br)cnc32)CCN1C(=O)NC1CCCCC1. The zero-order valence-electron chi connectivity index (χ0n) is 49.0. The van der Waals surface area contributed by atoms with Crippen molar-refractivity contribution in [3.63, 3.8) is 0 Å². The molecule has 16 nitrogen and oxygen atoms in total. The van der Waals surface area contributed by atoms with E-state index in [-0.39, 0.29) is 59.6 Å². The van der Waals surface area contributed by atoms with E-state index in [0.717, 1.165) is 146 Å². The highest BCUT2D eigenvalue weighted by Gasteiger charge is 2.44. The van der Waals surface area contributed by atoms with Crippen molar-refractivity contribution in [2.45, 2.75) is 178 Å². The number of hydrogen-bond acceptors (Lipinski definition) is 8. The lowest BCUT2D eigenvalue weighted by Gasteiger charge is -2.42. The normalized spacial score (nSPS) is 22.3. The van der Waals surface area contributed by atoms with Crippen molar-refractivity contribution < 1.29 is 19.2 Å². The largest absolute Gasteiger partial charge is 0.354 e. The molecule has 0 radical (unpaired) electrons. The number of nitrogens with one attached hydrogen (secondary N) is 4. The van der Waals surface area contributed by atoms with Gasteiger partial charge in [-0.1, -0.05) is 73.9 Å². The van der Waals surface area contributed by atoms with Gasteiger partial charge in [0.15, 0.2) is 0 Å². The van der Waals surface area contributed by atoms with Crippen LogP contribution in [0.15, 0.2) is 107 Å². The molecule has 6 heterocycles. The van der Waals surface area contributed by atoms with Crippen LogP contribution in [0.25, 0.3) is 0 Å². The van der Waals surface area contributed by atoms with Crippen molar-refractivity contribution >= 4 is 78.9 Å². The van der Waals surface area contributed by atoms with Crippen molar-refractivity contribution in [2.24, 2.45) is 11.8 Å². The summed E-state index contributed by atoms with van der Waals surface area (Å²) in [7, 11) is 0. The Labute approximate surface area is 532 Å². The van der Waals surface area contributed by atoms with Crippen LogP contribution in [0, 0.1) is 11.8 Å². The summed E-state index contributed by atoms with van der Waals surface area (Å²) in [6, 6.07) is 15.8. The van der Waals surface area contributed by atoms with Gasteiger partial charge in [-0.2, -0.15) is 0 Å². The first-order valence-corrected chi connectivity index (χ1v) is 33.7. The lowest BCUT2D eigenvalue weighted by atomic mass is 9.74. The molecule has 0 spiro atoms. The van der Waals surface area contributed by atoms with Crippen LogP contribution in [-0.4, -0.2) is 113 Å². The molecule has 20 heteroatoms. The molecule has 2 aliphatic heterocycles. The zero-order chi connectivity index (χ0) is 59.5. The molecule has 4 N–H and O–H groups in total. The van der Waals surface area contributed by atoms with Crippen LogP contribution in [0.4, 0.5) is 9.59 Å². The predicted octanol–water partition coefficient (Wildman–Crippen LogP) is 12.5. The molecular formula is C66H80Br2Cl2N12O4. The molecule has 0 bridgehead atoms. The first-order chi connectivity index (χ1) is 41.9. The molecule has 4 aromatic heterocycles. The van der Waals surface area contributed by atoms with E-state index < -0.39 is 12.1 Å². The number of aromatic nitrogens is 6. The van der Waals surface area contributed by atoms with Crippen molar-refractivity contribution in [3.8, 4) is 0 Å². The Kier molecular flexibility index (Phi) is 21.2. The summed E-state index contributed by atoms with van der Waals surface area (Å²) >= 11 is 20.2. The molecule has 4 aliphatic carbocycles. The molecule has 86 heavy (non-hydrogen) atoms. The fourth-order valence-corrected chi connectivity index (χ4v) is 15.7. The zero-order valence-corrected chi connectivity index (χ0v) is 53.6. The average Bonchev–Trinajstić information content (AvgIpc) is 2.48. The van der Waals surface area contributed by atoms with Crippen molar-refractivity contribution in [2.75, 3.05) is 26.2 Å². The Morgan fingerprint density at radius 1 is 0.535 bits per heavy atom. The van der Waals surface area contributed by atoms with Gasteiger partial charge in [-0.3, -0.25) is 19.6 Å². The fraction of sp³-hybridized carbons (Fsp3) is 0.515. The summed E-state index contributed by atoms with van der Waals surface area (Å²) < 4.78 is 5.95. The van der Waals surface area contributed by atoms with Gasteiger partial charge in [0.2, 0.25) is 11.8 Å². The van der Waals surface area contributed by atoms with Gasteiger partial charge in [0.1, 0.15) is 12.1 Å². The van der Waals surface area contributed by atoms with Crippen molar-refractivity contribution in [3.05, 3.63) is 162 Å². The van der Waals surface area contributed by atoms with E-state index in [1.54, 1.807) is 34.8 Å². The van der Waals surface area contributed by atoms with Gasteiger partial charge in [-0.05, 0) is 203 Å². The number of hydrogen-bond donors (Lipinski definition) is 4. The summed E-state index contributed by atoms with van der Waals surface area (Å²) in [4.78, 5) is 76.8. The van der Waals surface area contributed by atoms with Crippen molar-refractivity contribution in [1.82, 2.24) is 60.1 Å². The first-order valence-electron chi connectivity index (χ1n) is 31.4. The number of piperidine rings is 2. The standard InChI is InChI=1S/2C33H40BrClN6O2/c2*34-25-17-24-8-7-22-18-26(35)9-10-28(22)30(31(24)38-20-25)23-11-15-41(33(43)39-27-5-2-1-3-6-27)29(19-23)32(42)37-12-4-14-40-16-13-36-21-40/h2*9-10,13,16-18,20-21,23,27,29-30H,1-8,11-12,14-15,19H2,(H,37,42)(H,39,43)/t2*23?,29?,30-/m10/s1. The summed E-state index contributed by atoms with van der Waals surface area (Å²) in [5.41, 5.74) is 9.57. The second kappa shape index (κ2) is 29.5. The molecule has 2 aromatic carbocycles. The molecule has 6 atom stereocenters. The second-order valence-electron chi connectivity index (χ2n) is 24.5. The summed E-state index contributed by atoms with van der Waals surface area (Å²) in [6.07, 6.45) is 33.6. The maximum atomic E-state index is 13.9. The first kappa shape index (κ1) is 61.8. The number of carbonyl (C=O) groups excluding carboxylic acids is 4. The number of urea groups is 2. The quantitative estimate of drug-likeness (QED) is 0.0777. The Bertz CT molecular complexity index is 2960. The van der Waals surface area contributed by atoms with Gasteiger partial charge in [-0.25, -0.2) is 19.6 Å². The van der Waals surface area contributed by atoms with Crippen LogP contribution >= 0.6 is 55.1 Å². The number of benzene rings is 2. The van der Waals surface area contributed by atoms with Gasteiger partial charge in [0, 0.05) is 119 Å². The molecule has 456 valence electrons. The minimum absolute atomic E-state index is 0.0259. The van der Waals surface area contributed by atoms with Crippen LogP contribution in [0.2, 0.25) is 10.0 Å². The van der Waals surface area contributed by atoms with E-state index in [1.807, 2.05) is 46.1 Å². The monoisotopic (exact) mass is 1330 g/mol. The number of amides is 6. The Morgan fingerprint density at radius 3 is 1.36 bits per heavy atom. The van der Waals surface area contributed by atoms with Gasteiger partial charge in [-0.15, -0.1) is 0 Å². The lowest BCUT2D eigenvalue weighted by molar-refractivity contribution is -0.127. The molecule has 2 saturated carbocycles. The number of aryl methyl sites for hydroxylation is 6. The average molecular weight is 1340 g/mol. The van der Waals surface area contributed by atoms with Gasteiger partial charge in [0.05, 0.1) is 24.0 Å². The number of halogens is 4. The second-order valence-corrected chi connectivity index (χ2v) is 27.2. The van der Waals surface area contributed by atoms with Crippen LogP contribution in [-0.2, 0) is 48.4 Å². The van der Waals surface area contributed by atoms with E-state index >= 15 is 0 Å². The molecule has 6 aromatic rings. The molecular weight excluding hydrogens is 1260 g/mol. The number of imidazole rings is 2. The number of fused-ring (bicyclic) bond motifs is 4. The Balaban J connectivity index is 0.000000179. The van der Waals surface area contributed by atoms with Gasteiger partial charge >= 0.3 is 12.1 Å². The maximum absolute atomic E-state index is 13.9. The van der Waals surface area contributed by atoms with E-state index in [0.29, 0.717) is 39.0 Å². The molecule has 6 amide bonds. The van der Waals surface area contributed by atoms with Crippen LogP contribution in [0.3, 0.4) is 0 Å². The number of rotatable bonds is 14. The molecule has 6 aliphatic rings. The highest BCUT2D eigenvalue weighted by Crippen LogP contribution is 2.46. The fourth-order valence-electron chi connectivity index (χ4n) is 14.5. The van der Waals surface area contributed by atoms with E-state index in [1.165, 1.54) is 46.2 Å². The minimum Gasteiger partial charge on any atom is -0.354 e. The summed E-state index contributed by atoms with van der Waals surface area (Å²) in [5, 5.41) is 14.3. The van der Waals surface area contributed by atoms with Gasteiger partial charge < -0.3 is 40.2 Å². The summed E-state index contributed by atoms with van der Waals surface area (Å²) in [6.45, 7) is 3.69. The van der Waals surface area contributed by atoms with E-state index in [2.05, 4.69) is 99.5 Å². The molecule has 12 rings (SSSR count). The van der Waals surface area contributed by atoms with E-state index in [4.69, 9.17) is 33.2 Å². The third-order valence-electron chi connectivity index (χ3n) is 18.9. The third kappa shape index (κ3) is 15.4. The topological polar surface area (TPSA) is 184 Å². The highest BCUT2D eigenvalue weighted by molar-refractivity contribution is 9.10. The smallest absolute Gasteiger partial charge is 0.318 e. The number of likely N-dealkylation sites (tertiary alicyclic amines) is 2. The molecule has 4 fully saturated rings. The highest BCUT2D eigenvalue weighted by atomic mass is 79.9. The maximum Gasteiger partial charge on any atom is 0.318 e. The van der Waals surface area contributed by atoms with Crippen molar-refractivity contribution in [1.29, 1.82) is 0 Å². The number of carbonyl (C=O) groups is 4. The van der Waals surface area contributed by atoms with Crippen LogP contribution in [0.5, 0.6) is 0 Å². The summed E-state index contributed by atoms with van der Waals surface area (Å²) in [5.74, 6) is 0.179. The number of nitrogens with zero attached hydrogens (tertiary/aromatic N) is 8. The lowest BCUT2D eigenvalue weighted by Crippen LogP contribution is -2.58. The molecule has 4 unspecified atom stereocenters. The van der Waals surface area contributed by atoms with E-state index in [9.17, 15) is 19.2 Å². The third-order valence-corrected chi connectivity index (χ3v) is 20.2. The predicted molar refractivity (Wildman–Crippen MR) is 342 cm³/mol. The van der Waals surface area contributed by atoms with Gasteiger partial charge in [0.25, 0.3) is 0 Å². The Morgan fingerprint density at radius 2 is 0.953 bits per heavy atom.